The molecule has 0 N–H and O–H groups in total. The summed E-state index contributed by atoms with van der Waals surface area (Å²) in [6.45, 7) is 5.95. The Kier molecular flexibility index (Phi) is 2.37. The predicted molar refractivity (Wildman–Crippen MR) is 70.1 cm³/mol. The summed E-state index contributed by atoms with van der Waals surface area (Å²) < 4.78 is 5.84. The van der Waals surface area contributed by atoms with Crippen molar-refractivity contribution in [3.8, 4) is 5.75 Å². The topological polar surface area (TPSA) is 39.2 Å². The highest BCUT2D eigenvalue weighted by Crippen LogP contribution is 2.37. The van der Waals surface area contributed by atoms with E-state index in [0.29, 0.717) is 11.3 Å². The van der Waals surface area contributed by atoms with Gasteiger partial charge in [0.25, 0.3) is 0 Å². The molecule has 3 heteroatoms. The summed E-state index contributed by atoms with van der Waals surface area (Å²) in [5.41, 5.74) is 1.65. The zero-order valence-electron chi connectivity index (χ0n) is 10.7. The Morgan fingerprint density at radius 1 is 1.33 bits per heavy atom. The predicted octanol–water partition coefficient (Wildman–Crippen LogP) is 3.14. The van der Waals surface area contributed by atoms with E-state index in [4.69, 9.17) is 4.74 Å². The normalized spacial score (nSPS) is 18.2. The summed E-state index contributed by atoms with van der Waals surface area (Å²) in [5.74, 6) is 0.963. The quantitative estimate of drug-likeness (QED) is 0.770. The van der Waals surface area contributed by atoms with Crippen molar-refractivity contribution in [2.75, 3.05) is 0 Å². The molecule has 3 nitrogen and oxygen atoms in total. The smallest absolute Gasteiger partial charge is 0.207 e. The molecule has 1 aliphatic heterocycles. The van der Waals surface area contributed by atoms with Gasteiger partial charge in [0, 0.05) is 17.3 Å². The molecule has 2 aromatic rings. The summed E-state index contributed by atoms with van der Waals surface area (Å²) in [5, 5.41) is 1.99. The van der Waals surface area contributed by atoms with Crippen LogP contribution in [0.15, 0.2) is 24.4 Å². The molecule has 0 amide bonds. The fraction of sp³-hybridized carbons (Fsp3) is 0.333. The Morgan fingerprint density at radius 3 is 2.83 bits per heavy atom. The van der Waals surface area contributed by atoms with Gasteiger partial charge in [-0.2, -0.15) is 0 Å². The number of aromatic nitrogens is 1. The number of rotatable bonds is 1. The van der Waals surface area contributed by atoms with Crippen LogP contribution in [0.1, 0.15) is 29.9 Å². The van der Waals surface area contributed by atoms with Gasteiger partial charge in [0.1, 0.15) is 5.75 Å². The summed E-state index contributed by atoms with van der Waals surface area (Å²) in [4.78, 5) is 16.5. The van der Waals surface area contributed by atoms with Crippen LogP contribution in [0.4, 0.5) is 0 Å². The van der Waals surface area contributed by atoms with Crippen molar-refractivity contribution in [1.82, 2.24) is 4.98 Å². The number of hydrogen-bond acceptors (Lipinski definition) is 3. The molecule has 0 bridgehead atoms. The van der Waals surface area contributed by atoms with Gasteiger partial charge >= 0.3 is 0 Å². The van der Waals surface area contributed by atoms with Gasteiger partial charge in [0.05, 0.1) is 5.56 Å². The number of ether oxygens (including phenoxy) is 1. The van der Waals surface area contributed by atoms with Gasteiger partial charge in [-0.15, -0.1) is 0 Å². The molecule has 0 spiro atoms. The standard InChI is InChI=1S/C15H15NO2/c1-8(2)14-13(17)11-5-4-10-6-9(3)16-7-12(10)15(11)18-14/h4-8,14H,1-3H3. The third-order valence-electron chi connectivity index (χ3n) is 3.37. The molecule has 1 aromatic heterocycles. The Balaban J connectivity index is 2.22. The highest BCUT2D eigenvalue weighted by atomic mass is 16.5. The third kappa shape index (κ3) is 1.50. The first-order valence-electron chi connectivity index (χ1n) is 6.18. The molecule has 1 aromatic carbocycles. The van der Waals surface area contributed by atoms with Gasteiger partial charge in [-0.1, -0.05) is 19.9 Å². The van der Waals surface area contributed by atoms with E-state index >= 15 is 0 Å². The second-order valence-corrected chi connectivity index (χ2v) is 5.14. The van der Waals surface area contributed by atoms with Crippen molar-refractivity contribution in [1.29, 1.82) is 0 Å². The van der Waals surface area contributed by atoms with E-state index in [0.717, 1.165) is 16.5 Å². The lowest BCUT2D eigenvalue weighted by Crippen LogP contribution is -2.26. The molecule has 3 rings (SSSR count). The van der Waals surface area contributed by atoms with Crippen molar-refractivity contribution in [2.45, 2.75) is 26.9 Å². The SMILES string of the molecule is Cc1cc2ccc3c(c2cn1)OC(C(C)C)C3=O. The summed E-state index contributed by atoms with van der Waals surface area (Å²) in [7, 11) is 0. The van der Waals surface area contributed by atoms with Gasteiger partial charge in [-0.3, -0.25) is 9.78 Å². The number of ketones is 1. The van der Waals surface area contributed by atoms with Crippen molar-refractivity contribution in [2.24, 2.45) is 5.92 Å². The minimum Gasteiger partial charge on any atom is -0.481 e. The molecule has 1 atom stereocenters. The summed E-state index contributed by atoms with van der Waals surface area (Å²) >= 11 is 0. The number of pyridine rings is 1. The fourth-order valence-corrected chi connectivity index (χ4v) is 2.40. The molecule has 0 aliphatic carbocycles. The second-order valence-electron chi connectivity index (χ2n) is 5.14. The molecule has 1 unspecified atom stereocenters. The zero-order chi connectivity index (χ0) is 12.9. The Morgan fingerprint density at radius 2 is 2.11 bits per heavy atom. The Bertz CT molecular complexity index is 646. The van der Waals surface area contributed by atoms with Crippen molar-refractivity contribution in [3.05, 3.63) is 35.7 Å². The first-order valence-corrected chi connectivity index (χ1v) is 6.18. The molecule has 0 fully saturated rings. The van der Waals surface area contributed by atoms with Gasteiger partial charge in [-0.25, -0.2) is 0 Å². The van der Waals surface area contributed by atoms with Gasteiger partial charge in [-0.05, 0) is 30.4 Å². The van der Waals surface area contributed by atoms with Crippen LogP contribution in [0.5, 0.6) is 5.75 Å². The minimum absolute atomic E-state index is 0.0856. The number of nitrogens with zero attached hydrogens (tertiary/aromatic N) is 1. The lowest BCUT2D eigenvalue weighted by atomic mass is 9.99. The average Bonchev–Trinajstić information content (AvgIpc) is 2.67. The van der Waals surface area contributed by atoms with Crippen molar-refractivity contribution >= 4 is 16.6 Å². The Hall–Kier alpha value is -1.90. The maximum atomic E-state index is 12.2. The number of carbonyl (C=O) groups is 1. The average molecular weight is 241 g/mol. The molecule has 0 radical (unpaired) electrons. The molecule has 92 valence electrons. The number of benzene rings is 1. The molecule has 0 saturated heterocycles. The Labute approximate surface area is 106 Å². The van der Waals surface area contributed by atoms with Gasteiger partial charge < -0.3 is 4.74 Å². The highest BCUT2D eigenvalue weighted by molar-refractivity contribution is 6.09. The second kappa shape index (κ2) is 3.80. The molecule has 0 saturated carbocycles. The van der Waals surface area contributed by atoms with Gasteiger partial charge in [0.15, 0.2) is 6.10 Å². The number of carbonyl (C=O) groups excluding carboxylic acids is 1. The molecule has 2 heterocycles. The van der Waals surface area contributed by atoms with Crippen LogP contribution < -0.4 is 4.74 Å². The zero-order valence-corrected chi connectivity index (χ0v) is 10.7. The number of hydrogen-bond donors (Lipinski definition) is 0. The molecular formula is C15H15NO2. The number of Topliss-reactive ketones (excluding diaryl/α,β-unsaturated/α-hetero) is 1. The minimum atomic E-state index is -0.355. The van der Waals surface area contributed by atoms with E-state index in [-0.39, 0.29) is 17.8 Å². The monoisotopic (exact) mass is 241 g/mol. The molecule has 1 aliphatic rings. The van der Waals surface area contributed by atoms with Crippen LogP contribution in [0, 0.1) is 12.8 Å². The van der Waals surface area contributed by atoms with E-state index in [2.05, 4.69) is 4.98 Å². The number of fused-ring (bicyclic) bond motifs is 3. The van der Waals surface area contributed by atoms with E-state index in [1.165, 1.54) is 0 Å². The first-order chi connectivity index (χ1) is 8.58. The van der Waals surface area contributed by atoms with E-state index in [9.17, 15) is 4.79 Å². The first kappa shape index (κ1) is 11.2. The maximum Gasteiger partial charge on any atom is 0.207 e. The van der Waals surface area contributed by atoms with Crippen molar-refractivity contribution in [3.63, 3.8) is 0 Å². The van der Waals surface area contributed by atoms with Crippen LogP contribution in [0.25, 0.3) is 10.8 Å². The van der Waals surface area contributed by atoms with E-state index in [1.807, 2.05) is 39.0 Å². The maximum absolute atomic E-state index is 12.2. The van der Waals surface area contributed by atoms with Crippen LogP contribution in [-0.2, 0) is 0 Å². The fourth-order valence-electron chi connectivity index (χ4n) is 2.40. The van der Waals surface area contributed by atoms with E-state index < -0.39 is 0 Å². The highest BCUT2D eigenvalue weighted by Gasteiger charge is 2.35. The largest absolute Gasteiger partial charge is 0.481 e. The van der Waals surface area contributed by atoms with Crippen LogP contribution >= 0.6 is 0 Å². The van der Waals surface area contributed by atoms with Crippen molar-refractivity contribution < 1.29 is 9.53 Å². The summed E-state index contributed by atoms with van der Waals surface area (Å²) in [6.07, 6.45) is 1.44. The van der Waals surface area contributed by atoms with Crippen LogP contribution in [0.3, 0.4) is 0 Å². The van der Waals surface area contributed by atoms with Crippen LogP contribution in [-0.4, -0.2) is 16.9 Å². The lowest BCUT2D eigenvalue weighted by Gasteiger charge is -2.13. The lowest BCUT2D eigenvalue weighted by molar-refractivity contribution is 0.0792. The summed E-state index contributed by atoms with van der Waals surface area (Å²) in [6, 6.07) is 5.83. The number of aryl methyl sites for hydroxylation is 1. The molecule has 18 heavy (non-hydrogen) atoms. The third-order valence-corrected chi connectivity index (χ3v) is 3.37. The van der Waals surface area contributed by atoms with Crippen LogP contribution in [0.2, 0.25) is 0 Å². The van der Waals surface area contributed by atoms with E-state index in [1.54, 1.807) is 6.20 Å². The van der Waals surface area contributed by atoms with Gasteiger partial charge in [0.2, 0.25) is 5.78 Å². The molecular weight excluding hydrogens is 226 g/mol.